The molecule has 0 radical (unpaired) electrons. The van der Waals surface area contributed by atoms with Crippen LogP contribution in [0.3, 0.4) is 0 Å². The lowest BCUT2D eigenvalue weighted by Gasteiger charge is -2.31. The fourth-order valence-electron chi connectivity index (χ4n) is 3.84. The standard InChI is InChI=1S/C21H24FN5O2/c22-16-3-5-17(6-4-16)23-20(28)15-9-13-27(14-10-15)21(29)18-7-8-19(25-24-18)26-11-1-2-12-26/h3-8,15H,1-2,9-14H2,(H,23,28). The smallest absolute Gasteiger partial charge is 0.274 e. The fraction of sp³-hybridized carbons (Fsp3) is 0.429. The molecule has 2 amide bonds. The first-order valence-electron chi connectivity index (χ1n) is 10.0. The van der Waals surface area contributed by atoms with Crippen LogP contribution in [0, 0.1) is 11.7 Å². The van der Waals surface area contributed by atoms with E-state index in [0.717, 1.165) is 31.7 Å². The van der Waals surface area contributed by atoms with Crippen molar-refractivity contribution < 1.29 is 14.0 Å². The summed E-state index contributed by atoms with van der Waals surface area (Å²) in [7, 11) is 0. The van der Waals surface area contributed by atoms with Crippen molar-refractivity contribution in [3.8, 4) is 0 Å². The van der Waals surface area contributed by atoms with Crippen LogP contribution >= 0.6 is 0 Å². The Bertz CT molecular complexity index is 858. The third-order valence-electron chi connectivity index (χ3n) is 5.56. The molecule has 2 aliphatic heterocycles. The Labute approximate surface area is 168 Å². The molecular formula is C21H24FN5O2. The molecule has 29 heavy (non-hydrogen) atoms. The minimum atomic E-state index is -0.341. The summed E-state index contributed by atoms with van der Waals surface area (Å²) in [6.07, 6.45) is 3.48. The van der Waals surface area contributed by atoms with Gasteiger partial charge in [-0.3, -0.25) is 9.59 Å². The summed E-state index contributed by atoms with van der Waals surface area (Å²) in [5.41, 5.74) is 0.908. The Kier molecular flexibility index (Phi) is 5.69. The van der Waals surface area contributed by atoms with Crippen LogP contribution in [-0.4, -0.2) is 53.1 Å². The Morgan fingerprint density at radius 3 is 2.24 bits per heavy atom. The van der Waals surface area contributed by atoms with E-state index in [0.29, 0.717) is 37.3 Å². The number of anilines is 2. The molecule has 0 saturated carbocycles. The number of hydrogen-bond donors (Lipinski definition) is 1. The van der Waals surface area contributed by atoms with Crippen molar-refractivity contribution in [1.29, 1.82) is 0 Å². The van der Waals surface area contributed by atoms with Gasteiger partial charge in [-0.05, 0) is 62.1 Å². The normalized spacial score (nSPS) is 17.4. The number of aromatic nitrogens is 2. The molecule has 8 heteroatoms. The Hall–Kier alpha value is -3.03. The summed E-state index contributed by atoms with van der Waals surface area (Å²) in [5.74, 6) is 0.0515. The van der Waals surface area contributed by atoms with Crippen molar-refractivity contribution in [3.63, 3.8) is 0 Å². The highest BCUT2D eigenvalue weighted by Crippen LogP contribution is 2.22. The number of nitrogens with zero attached hydrogens (tertiary/aromatic N) is 4. The van der Waals surface area contributed by atoms with E-state index in [1.54, 1.807) is 11.0 Å². The van der Waals surface area contributed by atoms with E-state index in [9.17, 15) is 14.0 Å². The van der Waals surface area contributed by atoms with Crippen LogP contribution in [0.25, 0.3) is 0 Å². The zero-order valence-electron chi connectivity index (χ0n) is 16.2. The van der Waals surface area contributed by atoms with Crippen LogP contribution < -0.4 is 10.2 Å². The molecular weight excluding hydrogens is 373 g/mol. The van der Waals surface area contributed by atoms with E-state index in [2.05, 4.69) is 20.4 Å². The molecule has 4 rings (SSSR count). The first-order valence-corrected chi connectivity index (χ1v) is 10.0. The zero-order chi connectivity index (χ0) is 20.2. The summed E-state index contributed by atoms with van der Waals surface area (Å²) in [6.45, 7) is 2.96. The summed E-state index contributed by atoms with van der Waals surface area (Å²) in [5, 5.41) is 11.1. The molecule has 2 aromatic rings. The molecule has 0 bridgehead atoms. The molecule has 2 saturated heterocycles. The number of halogens is 1. The topological polar surface area (TPSA) is 78.4 Å². The number of benzene rings is 1. The van der Waals surface area contributed by atoms with Crippen LogP contribution in [0.1, 0.15) is 36.2 Å². The molecule has 3 heterocycles. The molecule has 1 aromatic carbocycles. The Morgan fingerprint density at radius 1 is 0.931 bits per heavy atom. The lowest BCUT2D eigenvalue weighted by atomic mass is 9.95. The maximum atomic E-state index is 13.0. The maximum Gasteiger partial charge on any atom is 0.274 e. The highest BCUT2D eigenvalue weighted by Gasteiger charge is 2.28. The van der Waals surface area contributed by atoms with Gasteiger partial charge in [0.25, 0.3) is 5.91 Å². The Morgan fingerprint density at radius 2 is 1.62 bits per heavy atom. The number of rotatable bonds is 4. The van der Waals surface area contributed by atoms with E-state index < -0.39 is 0 Å². The van der Waals surface area contributed by atoms with Gasteiger partial charge >= 0.3 is 0 Å². The minimum Gasteiger partial charge on any atom is -0.355 e. The molecule has 152 valence electrons. The van der Waals surface area contributed by atoms with Gasteiger partial charge in [0.2, 0.25) is 5.91 Å². The predicted molar refractivity (Wildman–Crippen MR) is 107 cm³/mol. The lowest BCUT2D eigenvalue weighted by Crippen LogP contribution is -2.41. The first kappa shape index (κ1) is 19.3. The van der Waals surface area contributed by atoms with Crippen molar-refractivity contribution in [2.45, 2.75) is 25.7 Å². The fourth-order valence-corrected chi connectivity index (χ4v) is 3.84. The molecule has 7 nitrogen and oxygen atoms in total. The maximum absolute atomic E-state index is 13.0. The van der Waals surface area contributed by atoms with E-state index in [1.807, 2.05) is 6.07 Å². The monoisotopic (exact) mass is 397 g/mol. The van der Waals surface area contributed by atoms with Gasteiger partial charge in [-0.25, -0.2) is 4.39 Å². The zero-order valence-corrected chi connectivity index (χ0v) is 16.2. The number of nitrogens with one attached hydrogen (secondary N) is 1. The van der Waals surface area contributed by atoms with Gasteiger partial charge < -0.3 is 15.1 Å². The number of likely N-dealkylation sites (tertiary alicyclic amines) is 1. The van der Waals surface area contributed by atoms with Crippen LogP contribution in [-0.2, 0) is 4.79 Å². The molecule has 0 aliphatic carbocycles. The predicted octanol–water partition coefficient (Wildman–Crippen LogP) is 2.71. The van der Waals surface area contributed by atoms with Gasteiger partial charge in [-0.2, -0.15) is 0 Å². The highest BCUT2D eigenvalue weighted by molar-refractivity contribution is 5.94. The number of carbonyl (C=O) groups excluding carboxylic acids is 2. The molecule has 1 aromatic heterocycles. The van der Waals surface area contributed by atoms with Crippen molar-refractivity contribution in [2.75, 3.05) is 36.4 Å². The molecule has 2 fully saturated rings. The summed E-state index contributed by atoms with van der Waals surface area (Å²) in [6, 6.07) is 9.29. The average molecular weight is 397 g/mol. The van der Waals surface area contributed by atoms with E-state index >= 15 is 0 Å². The van der Waals surface area contributed by atoms with Gasteiger partial charge in [0.1, 0.15) is 5.82 Å². The second-order valence-corrected chi connectivity index (χ2v) is 7.53. The van der Waals surface area contributed by atoms with Crippen LogP contribution in [0.15, 0.2) is 36.4 Å². The van der Waals surface area contributed by atoms with Crippen LogP contribution in [0.2, 0.25) is 0 Å². The molecule has 0 spiro atoms. The van der Waals surface area contributed by atoms with Crippen LogP contribution in [0.5, 0.6) is 0 Å². The summed E-state index contributed by atoms with van der Waals surface area (Å²) >= 11 is 0. The molecule has 1 N–H and O–H groups in total. The summed E-state index contributed by atoms with van der Waals surface area (Å²) in [4.78, 5) is 29.0. The lowest BCUT2D eigenvalue weighted by molar-refractivity contribution is -0.121. The second kappa shape index (κ2) is 8.55. The van der Waals surface area contributed by atoms with Crippen molar-refractivity contribution >= 4 is 23.3 Å². The van der Waals surface area contributed by atoms with Crippen molar-refractivity contribution in [2.24, 2.45) is 5.92 Å². The quantitative estimate of drug-likeness (QED) is 0.858. The largest absolute Gasteiger partial charge is 0.355 e. The molecule has 0 unspecified atom stereocenters. The third-order valence-corrected chi connectivity index (χ3v) is 5.56. The van der Waals surface area contributed by atoms with Crippen molar-refractivity contribution in [1.82, 2.24) is 15.1 Å². The minimum absolute atomic E-state index is 0.0986. The van der Waals surface area contributed by atoms with Crippen molar-refractivity contribution in [3.05, 3.63) is 47.9 Å². The van der Waals surface area contributed by atoms with E-state index in [-0.39, 0.29) is 23.5 Å². The highest BCUT2D eigenvalue weighted by atomic mass is 19.1. The van der Waals surface area contributed by atoms with E-state index in [1.165, 1.54) is 24.3 Å². The van der Waals surface area contributed by atoms with E-state index in [4.69, 9.17) is 0 Å². The first-order chi connectivity index (χ1) is 14.1. The number of hydrogen-bond acceptors (Lipinski definition) is 5. The third kappa shape index (κ3) is 4.52. The molecule has 2 aliphatic rings. The molecule has 0 atom stereocenters. The number of piperidine rings is 1. The van der Waals surface area contributed by atoms with Crippen LogP contribution in [0.4, 0.5) is 15.9 Å². The summed E-state index contributed by atoms with van der Waals surface area (Å²) < 4.78 is 13.0. The Balaban J connectivity index is 1.30. The van der Waals surface area contributed by atoms with Gasteiger partial charge in [0.05, 0.1) is 0 Å². The van der Waals surface area contributed by atoms with Gasteiger partial charge in [-0.15, -0.1) is 10.2 Å². The average Bonchev–Trinajstić information content (AvgIpc) is 3.30. The SMILES string of the molecule is O=C(Nc1ccc(F)cc1)C1CCN(C(=O)c2ccc(N3CCCC3)nn2)CC1. The number of carbonyl (C=O) groups is 2. The number of amides is 2. The van der Waals surface area contributed by atoms with Gasteiger partial charge in [0, 0.05) is 37.8 Å². The van der Waals surface area contributed by atoms with Gasteiger partial charge in [0.15, 0.2) is 11.5 Å². The second-order valence-electron chi connectivity index (χ2n) is 7.53. The van der Waals surface area contributed by atoms with Gasteiger partial charge in [-0.1, -0.05) is 0 Å².